The number of piperidine rings is 1. The van der Waals surface area contributed by atoms with Crippen molar-refractivity contribution >= 4 is 11.8 Å². The lowest BCUT2D eigenvalue weighted by molar-refractivity contribution is -0.160. The Balaban J connectivity index is 1.61. The van der Waals surface area contributed by atoms with Crippen LogP contribution in [0.25, 0.3) is 0 Å². The highest BCUT2D eigenvalue weighted by atomic mass is 16.2. The molecule has 4 nitrogen and oxygen atoms in total. The van der Waals surface area contributed by atoms with Crippen LogP contribution in [0, 0.1) is 34.5 Å². The predicted molar refractivity (Wildman–Crippen MR) is 102 cm³/mol. The second-order valence-corrected chi connectivity index (χ2v) is 10.4. The van der Waals surface area contributed by atoms with Gasteiger partial charge in [-0.05, 0) is 73.5 Å². The number of rotatable bonds is 1. The number of hydrogen-bond acceptors (Lipinski definition) is 2. The number of likely N-dealkylation sites (tertiary alicyclic amines) is 1. The lowest BCUT2D eigenvalue weighted by Gasteiger charge is -2.61. The maximum atomic E-state index is 12.8. The van der Waals surface area contributed by atoms with Crippen LogP contribution in [-0.4, -0.2) is 48.8 Å². The molecule has 7 atom stereocenters. The Labute approximate surface area is 158 Å². The average Bonchev–Trinajstić information content (AvgIpc) is 2.95. The molecule has 1 heterocycles. The lowest BCUT2D eigenvalue weighted by Crippen LogP contribution is -2.61. The van der Waals surface area contributed by atoms with Gasteiger partial charge >= 0.3 is 0 Å². The third kappa shape index (κ3) is 2.32. The zero-order valence-electron chi connectivity index (χ0n) is 17.3. The van der Waals surface area contributed by atoms with Crippen molar-refractivity contribution in [2.24, 2.45) is 34.5 Å². The minimum absolute atomic E-state index is 0.183. The summed E-state index contributed by atoms with van der Waals surface area (Å²) in [5.41, 5.74) is 0.457. The molecule has 0 aromatic rings. The van der Waals surface area contributed by atoms with Crippen molar-refractivity contribution in [2.75, 3.05) is 21.1 Å². The van der Waals surface area contributed by atoms with Crippen molar-refractivity contribution in [3.05, 3.63) is 0 Å². The second kappa shape index (κ2) is 5.97. The Morgan fingerprint density at radius 3 is 2.38 bits per heavy atom. The molecule has 3 aliphatic carbocycles. The molecule has 0 aromatic heterocycles. The summed E-state index contributed by atoms with van der Waals surface area (Å²) in [6, 6.07) is 0.426. The number of hydrogen-bond donors (Lipinski definition) is 0. The molecule has 146 valence electrons. The molecule has 0 aromatic carbocycles. The molecule has 4 rings (SSSR count). The van der Waals surface area contributed by atoms with Crippen molar-refractivity contribution in [1.29, 1.82) is 0 Å². The number of nitrogens with zero attached hydrogens (tertiary/aromatic N) is 2. The highest BCUT2D eigenvalue weighted by Gasteiger charge is 2.62. The van der Waals surface area contributed by atoms with Gasteiger partial charge in [-0.25, -0.2) is 0 Å². The largest absolute Gasteiger partial charge is 0.349 e. The molecular weight excluding hydrogens is 324 g/mol. The Morgan fingerprint density at radius 1 is 1.00 bits per heavy atom. The first-order chi connectivity index (χ1) is 12.2. The standard InChI is InChI=1S/C22H36N2O2/c1-21-12-10-16-14(15(21)7-8-17(21)20(26)23(3)4)6-9-18-22(16,2)13-11-19(25)24(18)5/h14-18H,6-13H2,1-5H3/t14-,15-,16-,17+,18+,21-,22+/m0/s1. The van der Waals surface area contributed by atoms with Crippen molar-refractivity contribution in [3.63, 3.8) is 0 Å². The molecule has 4 aliphatic rings. The van der Waals surface area contributed by atoms with Gasteiger partial charge < -0.3 is 9.80 Å². The van der Waals surface area contributed by atoms with Gasteiger partial charge in [0.15, 0.2) is 0 Å². The molecular formula is C22H36N2O2. The first kappa shape index (κ1) is 18.3. The first-order valence-electron chi connectivity index (χ1n) is 10.7. The number of carbonyl (C=O) groups excluding carboxylic acids is 2. The summed E-state index contributed by atoms with van der Waals surface area (Å²) in [7, 11) is 5.84. The summed E-state index contributed by atoms with van der Waals surface area (Å²) < 4.78 is 0. The van der Waals surface area contributed by atoms with Gasteiger partial charge in [0.25, 0.3) is 0 Å². The van der Waals surface area contributed by atoms with E-state index in [0.29, 0.717) is 23.8 Å². The van der Waals surface area contributed by atoms with E-state index < -0.39 is 0 Å². The van der Waals surface area contributed by atoms with Crippen molar-refractivity contribution in [1.82, 2.24) is 9.80 Å². The number of carbonyl (C=O) groups is 2. The molecule has 4 fully saturated rings. The lowest BCUT2D eigenvalue weighted by atomic mass is 9.47. The van der Waals surface area contributed by atoms with Crippen LogP contribution in [0.5, 0.6) is 0 Å². The van der Waals surface area contributed by atoms with Crippen LogP contribution >= 0.6 is 0 Å². The smallest absolute Gasteiger partial charge is 0.225 e. The molecule has 1 aliphatic heterocycles. The summed E-state index contributed by atoms with van der Waals surface area (Å²) >= 11 is 0. The normalized spacial score (nSPS) is 47.8. The fourth-order valence-corrected chi connectivity index (χ4v) is 7.87. The van der Waals surface area contributed by atoms with Crippen molar-refractivity contribution in [2.45, 2.75) is 71.3 Å². The Bertz CT molecular complexity index is 617. The molecule has 0 radical (unpaired) electrons. The van der Waals surface area contributed by atoms with Crippen molar-refractivity contribution in [3.8, 4) is 0 Å². The van der Waals surface area contributed by atoms with Crippen LogP contribution in [0.2, 0.25) is 0 Å². The minimum atomic E-state index is 0.183. The monoisotopic (exact) mass is 360 g/mol. The molecule has 0 bridgehead atoms. The topological polar surface area (TPSA) is 40.6 Å². The van der Waals surface area contributed by atoms with Crippen LogP contribution in [0.1, 0.15) is 65.2 Å². The van der Waals surface area contributed by atoms with Gasteiger partial charge in [0.05, 0.1) is 0 Å². The third-order valence-electron chi connectivity index (χ3n) is 9.30. The van der Waals surface area contributed by atoms with E-state index >= 15 is 0 Å². The maximum Gasteiger partial charge on any atom is 0.225 e. The Hall–Kier alpha value is -1.06. The minimum Gasteiger partial charge on any atom is -0.349 e. The maximum absolute atomic E-state index is 12.8. The highest BCUT2D eigenvalue weighted by molar-refractivity contribution is 5.79. The van der Waals surface area contributed by atoms with E-state index in [9.17, 15) is 9.59 Å². The summed E-state index contributed by atoms with van der Waals surface area (Å²) in [4.78, 5) is 28.9. The van der Waals surface area contributed by atoms with E-state index in [1.807, 2.05) is 26.0 Å². The molecule has 1 saturated heterocycles. The third-order valence-corrected chi connectivity index (χ3v) is 9.30. The van der Waals surface area contributed by atoms with Gasteiger partial charge in [0.1, 0.15) is 0 Å². The average molecular weight is 361 g/mol. The van der Waals surface area contributed by atoms with Crippen LogP contribution < -0.4 is 0 Å². The van der Waals surface area contributed by atoms with E-state index in [1.165, 1.54) is 25.7 Å². The second-order valence-electron chi connectivity index (χ2n) is 10.4. The molecule has 26 heavy (non-hydrogen) atoms. The van der Waals surface area contributed by atoms with E-state index in [1.54, 1.807) is 0 Å². The van der Waals surface area contributed by atoms with Gasteiger partial charge in [-0.1, -0.05) is 13.8 Å². The molecule has 0 N–H and O–H groups in total. The molecule has 4 heteroatoms. The van der Waals surface area contributed by atoms with Crippen LogP contribution in [0.3, 0.4) is 0 Å². The summed E-state index contributed by atoms with van der Waals surface area (Å²) in [5.74, 6) is 3.06. The Kier molecular flexibility index (Phi) is 4.20. The SMILES string of the molecule is CN(C)C(=O)[C@H]1CC[C@H]2[C@@H]3CC[C@H]4N(C)C(=O)CC[C@]4(C)[C@H]3CC[C@]12C. The number of fused-ring (bicyclic) bond motifs is 5. The first-order valence-corrected chi connectivity index (χ1v) is 10.7. The highest BCUT2D eigenvalue weighted by Crippen LogP contribution is 2.66. The molecule has 3 saturated carbocycles. The van der Waals surface area contributed by atoms with Gasteiger partial charge in [-0.3, -0.25) is 9.59 Å². The molecule has 0 spiro atoms. The van der Waals surface area contributed by atoms with E-state index in [4.69, 9.17) is 0 Å². The summed E-state index contributed by atoms with van der Waals surface area (Å²) in [6.45, 7) is 4.88. The van der Waals surface area contributed by atoms with E-state index in [0.717, 1.165) is 37.5 Å². The number of amides is 2. The molecule has 0 unspecified atom stereocenters. The molecule has 2 amide bonds. The van der Waals surface area contributed by atoms with Gasteiger partial charge in [-0.2, -0.15) is 0 Å². The Morgan fingerprint density at radius 2 is 1.69 bits per heavy atom. The van der Waals surface area contributed by atoms with Gasteiger partial charge in [-0.15, -0.1) is 0 Å². The quantitative estimate of drug-likeness (QED) is 0.717. The van der Waals surface area contributed by atoms with E-state index in [-0.39, 0.29) is 16.7 Å². The van der Waals surface area contributed by atoms with Gasteiger partial charge in [0, 0.05) is 39.5 Å². The fraction of sp³-hybridized carbons (Fsp3) is 0.909. The fourth-order valence-electron chi connectivity index (χ4n) is 7.87. The van der Waals surface area contributed by atoms with Gasteiger partial charge in [0.2, 0.25) is 11.8 Å². The van der Waals surface area contributed by atoms with Crippen molar-refractivity contribution < 1.29 is 9.59 Å². The van der Waals surface area contributed by atoms with Crippen LogP contribution in [0.15, 0.2) is 0 Å². The predicted octanol–water partition coefficient (Wildman–Crippen LogP) is 3.55. The zero-order valence-corrected chi connectivity index (χ0v) is 17.3. The van der Waals surface area contributed by atoms with Crippen LogP contribution in [-0.2, 0) is 9.59 Å². The van der Waals surface area contributed by atoms with E-state index in [2.05, 4.69) is 18.7 Å². The zero-order chi connectivity index (χ0) is 18.9. The summed E-state index contributed by atoms with van der Waals surface area (Å²) in [6.07, 6.45) is 8.89. The summed E-state index contributed by atoms with van der Waals surface area (Å²) in [5, 5.41) is 0. The van der Waals surface area contributed by atoms with Crippen LogP contribution in [0.4, 0.5) is 0 Å².